The van der Waals surface area contributed by atoms with Crippen LogP contribution in [0.1, 0.15) is 41.6 Å². The minimum atomic E-state index is -0.600. The third-order valence-electron chi connectivity index (χ3n) is 4.78. The maximum Gasteiger partial charge on any atom is 0.255 e. The third kappa shape index (κ3) is 4.50. The van der Waals surface area contributed by atoms with Crippen LogP contribution in [-0.4, -0.2) is 34.6 Å². The summed E-state index contributed by atoms with van der Waals surface area (Å²) in [6, 6.07) is 12.1. The topological polar surface area (TPSA) is 49.4 Å². The average Bonchev–Trinajstić information content (AvgIpc) is 3.13. The third-order valence-corrected chi connectivity index (χ3v) is 6.36. The molecule has 1 aliphatic heterocycles. The summed E-state index contributed by atoms with van der Waals surface area (Å²) in [5.74, 6) is -0.286. The number of hydrogen-bond acceptors (Lipinski definition) is 3. The van der Waals surface area contributed by atoms with Crippen molar-refractivity contribution in [3.63, 3.8) is 0 Å². The zero-order valence-electron chi connectivity index (χ0n) is 15.7. The predicted octanol–water partition coefficient (Wildman–Crippen LogP) is 4.65. The van der Waals surface area contributed by atoms with Crippen LogP contribution in [0.5, 0.6) is 0 Å². The number of carbonyl (C=O) groups excluding carboxylic acids is 2. The summed E-state index contributed by atoms with van der Waals surface area (Å²) in [6.45, 7) is 3.93. The van der Waals surface area contributed by atoms with Crippen LogP contribution in [0.4, 0.5) is 4.39 Å². The number of nitrogens with zero attached hydrogens (tertiary/aromatic N) is 1. The van der Waals surface area contributed by atoms with Crippen LogP contribution in [0.3, 0.4) is 0 Å². The molecule has 3 atom stereocenters. The largest absolute Gasteiger partial charge is 0.352 e. The molecule has 0 aliphatic carbocycles. The molecule has 1 N–H and O–H groups in total. The second kappa shape index (κ2) is 8.97. The Bertz CT molecular complexity index is 844. The van der Waals surface area contributed by atoms with E-state index in [1.165, 1.54) is 23.9 Å². The molecule has 3 unspecified atom stereocenters. The molecule has 3 rings (SSSR count). The first-order chi connectivity index (χ1) is 13.4. The molecule has 148 valence electrons. The number of nitrogens with one attached hydrogen (secondary N) is 1. The molecule has 2 amide bonds. The fourth-order valence-corrected chi connectivity index (χ4v) is 4.58. The number of carbonyl (C=O) groups is 2. The summed E-state index contributed by atoms with van der Waals surface area (Å²) in [7, 11) is 0. The SMILES string of the molecule is CCC(C)NC(=O)C1CSC(c2ccc(F)cc2)N1C(=O)c1ccc(Cl)cc1. The molecule has 0 aromatic heterocycles. The zero-order chi connectivity index (χ0) is 20.3. The Labute approximate surface area is 173 Å². The Hall–Kier alpha value is -2.05. The van der Waals surface area contributed by atoms with Crippen LogP contribution < -0.4 is 5.32 Å². The highest BCUT2D eigenvalue weighted by atomic mass is 35.5. The van der Waals surface area contributed by atoms with E-state index in [2.05, 4.69) is 5.32 Å². The summed E-state index contributed by atoms with van der Waals surface area (Å²) in [5.41, 5.74) is 1.24. The summed E-state index contributed by atoms with van der Waals surface area (Å²) >= 11 is 7.44. The van der Waals surface area contributed by atoms with Gasteiger partial charge in [0, 0.05) is 22.4 Å². The standard InChI is InChI=1S/C21H22ClFN2O2S/c1-3-13(2)24-19(26)18-12-28-21(15-6-10-17(23)11-7-15)25(18)20(27)14-4-8-16(22)9-5-14/h4-11,13,18,21H,3,12H2,1-2H3,(H,24,26). The Morgan fingerprint density at radius 2 is 1.86 bits per heavy atom. The quantitative estimate of drug-likeness (QED) is 0.765. The van der Waals surface area contributed by atoms with Gasteiger partial charge in [0.25, 0.3) is 5.91 Å². The summed E-state index contributed by atoms with van der Waals surface area (Å²) in [6.07, 6.45) is 0.804. The molecule has 4 nitrogen and oxygen atoms in total. The Kier molecular flexibility index (Phi) is 6.62. The van der Waals surface area contributed by atoms with E-state index in [0.717, 1.165) is 12.0 Å². The van der Waals surface area contributed by atoms with Crippen LogP contribution in [0.25, 0.3) is 0 Å². The highest BCUT2D eigenvalue weighted by molar-refractivity contribution is 7.99. The van der Waals surface area contributed by atoms with Gasteiger partial charge in [-0.15, -0.1) is 11.8 Å². The molecular formula is C21H22ClFN2O2S. The maximum atomic E-state index is 13.4. The molecule has 1 fully saturated rings. The first kappa shape index (κ1) is 20.7. The number of benzene rings is 2. The average molecular weight is 421 g/mol. The summed E-state index contributed by atoms with van der Waals surface area (Å²) < 4.78 is 13.4. The van der Waals surface area contributed by atoms with Crippen molar-refractivity contribution in [3.05, 3.63) is 70.5 Å². The van der Waals surface area contributed by atoms with Crippen LogP contribution in [-0.2, 0) is 4.79 Å². The van der Waals surface area contributed by atoms with Crippen molar-refractivity contribution in [1.29, 1.82) is 0 Å². The highest BCUT2D eigenvalue weighted by Crippen LogP contribution is 2.42. The van der Waals surface area contributed by atoms with Crippen molar-refractivity contribution >= 4 is 35.2 Å². The van der Waals surface area contributed by atoms with Crippen molar-refractivity contribution < 1.29 is 14.0 Å². The molecule has 7 heteroatoms. The van der Waals surface area contributed by atoms with E-state index < -0.39 is 6.04 Å². The monoisotopic (exact) mass is 420 g/mol. The minimum Gasteiger partial charge on any atom is -0.352 e. The van der Waals surface area contributed by atoms with Gasteiger partial charge in [0.05, 0.1) is 0 Å². The van der Waals surface area contributed by atoms with E-state index >= 15 is 0 Å². The molecule has 0 radical (unpaired) electrons. The Balaban J connectivity index is 1.93. The lowest BCUT2D eigenvalue weighted by molar-refractivity contribution is -0.125. The molecule has 0 spiro atoms. The van der Waals surface area contributed by atoms with Gasteiger partial charge >= 0.3 is 0 Å². The van der Waals surface area contributed by atoms with Gasteiger partial charge in [0.1, 0.15) is 17.2 Å². The molecule has 2 aromatic carbocycles. The van der Waals surface area contributed by atoms with Gasteiger partial charge in [-0.3, -0.25) is 9.59 Å². The van der Waals surface area contributed by atoms with E-state index in [4.69, 9.17) is 11.6 Å². The van der Waals surface area contributed by atoms with Gasteiger partial charge in [-0.05, 0) is 55.3 Å². The van der Waals surface area contributed by atoms with Crippen LogP contribution >= 0.6 is 23.4 Å². The second-order valence-corrected chi connectivity index (χ2v) is 8.34. The van der Waals surface area contributed by atoms with E-state index in [0.29, 0.717) is 16.3 Å². The molecular weight excluding hydrogens is 399 g/mol. The summed E-state index contributed by atoms with van der Waals surface area (Å²) in [5, 5.41) is 3.14. The molecule has 1 heterocycles. The smallest absolute Gasteiger partial charge is 0.255 e. The van der Waals surface area contributed by atoms with Crippen molar-refractivity contribution in [2.75, 3.05) is 5.75 Å². The van der Waals surface area contributed by atoms with Gasteiger partial charge in [0.2, 0.25) is 5.91 Å². The molecule has 2 aromatic rings. The lowest BCUT2D eigenvalue weighted by Crippen LogP contribution is -2.49. The molecule has 0 bridgehead atoms. The normalized spacial score (nSPS) is 20.1. The van der Waals surface area contributed by atoms with Crippen LogP contribution in [0.2, 0.25) is 5.02 Å². The number of thioether (sulfide) groups is 1. The number of amides is 2. The van der Waals surface area contributed by atoms with E-state index in [-0.39, 0.29) is 29.0 Å². The molecule has 1 aliphatic rings. The fraction of sp³-hybridized carbons (Fsp3) is 0.333. The van der Waals surface area contributed by atoms with Gasteiger partial charge in [-0.25, -0.2) is 4.39 Å². The van der Waals surface area contributed by atoms with E-state index in [1.54, 1.807) is 41.3 Å². The number of hydrogen-bond donors (Lipinski definition) is 1. The van der Waals surface area contributed by atoms with Crippen molar-refractivity contribution in [1.82, 2.24) is 10.2 Å². The first-order valence-corrected chi connectivity index (χ1v) is 10.6. The van der Waals surface area contributed by atoms with Crippen molar-refractivity contribution in [3.8, 4) is 0 Å². The lowest BCUT2D eigenvalue weighted by atomic mass is 10.1. The predicted molar refractivity (Wildman–Crippen MR) is 111 cm³/mol. The maximum absolute atomic E-state index is 13.4. The molecule has 28 heavy (non-hydrogen) atoms. The number of rotatable bonds is 5. The van der Waals surface area contributed by atoms with E-state index in [1.807, 2.05) is 13.8 Å². The van der Waals surface area contributed by atoms with E-state index in [9.17, 15) is 14.0 Å². The number of halogens is 2. The first-order valence-electron chi connectivity index (χ1n) is 9.16. The summed E-state index contributed by atoms with van der Waals surface area (Å²) in [4.78, 5) is 27.7. The molecule has 0 saturated carbocycles. The lowest BCUT2D eigenvalue weighted by Gasteiger charge is -2.30. The van der Waals surface area contributed by atoms with Crippen molar-refractivity contribution in [2.24, 2.45) is 0 Å². The van der Waals surface area contributed by atoms with Gasteiger partial charge < -0.3 is 10.2 Å². The fourth-order valence-electron chi connectivity index (χ4n) is 3.02. The minimum absolute atomic E-state index is 0.0230. The zero-order valence-corrected chi connectivity index (χ0v) is 17.3. The highest BCUT2D eigenvalue weighted by Gasteiger charge is 2.42. The van der Waals surface area contributed by atoms with Crippen molar-refractivity contribution in [2.45, 2.75) is 37.7 Å². The second-order valence-electron chi connectivity index (χ2n) is 6.79. The van der Waals surface area contributed by atoms with Crippen LogP contribution in [0.15, 0.2) is 48.5 Å². The Morgan fingerprint density at radius 3 is 2.46 bits per heavy atom. The van der Waals surface area contributed by atoms with Gasteiger partial charge in [-0.2, -0.15) is 0 Å². The molecule has 1 saturated heterocycles. The van der Waals surface area contributed by atoms with Gasteiger partial charge in [0.15, 0.2) is 0 Å². The van der Waals surface area contributed by atoms with Gasteiger partial charge in [-0.1, -0.05) is 30.7 Å². The van der Waals surface area contributed by atoms with Crippen LogP contribution in [0, 0.1) is 5.82 Å². The Morgan fingerprint density at radius 1 is 1.21 bits per heavy atom.